The molecule has 0 aliphatic heterocycles. The van der Waals surface area contributed by atoms with Crippen molar-refractivity contribution >= 4 is 32.4 Å². The molecular formula is C21H18FN5O3S2. The second-order valence-corrected chi connectivity index (χ2v) is 9.94. The fourth-order valence-electron chi connectivity index (χ4n) is 2.84. The molecule has 0 fully saturated rings. The first-order valence-corrected chi connectivity index (χ1v) is 11.7. The number of hydrogen-bond donors (Lipinski definition) is 1. The Labute approximate surface area is 188 Å². The number of benzene rings is 2. The highest BCUT2D eigenvalue weighted by Gasteiger charge is 2.17. The third-order valence-electron chi connectivity index (χ3n) is 4.55. The number of rotatable bonds is 6. The lowest BCUT2D eigenvalue weighted by molar-refractivity contribution is 0.102. The van der Waals surface area contributed by atoms with Crippen LogP contribution in [0.4, 0.5) is 9.52 Å². The van der Waals surface area contributed by atoms with Gasteiger partial charge < -0.3 is 0 Å². The zero-order valence-corrected chi connectivity index (χ0v) is 18.7. The number of thiazole rings is 1. The number of aromatic nitrogens is 3. The van der Waals surface area contributed by atoms with E-state index in [-0.39, 0.29) is 10.6 Å². The molecule has 8 nitrogen and oxygen atoms in total. The van der Waals surface area contributed by atoms with E-state index in [1.54, 1.807) is 35.8 Å². The predicted molar refractivity (Wildman–Crippen MR) is 120 cm³/mol. The third kappa shape index (κ3) is 4.44. The highest BCUT2D eigenvalue weighted by atomic mass is 32.2. The van der Waals surface area contributed by atoms with Crippen molar-refractivity contribution in [3.63, 3.8) is 0 Å². The fourth-order valence-corrected chi connectivity index (χ4v) is 4.46. The molecule has 0 aliphatic rings. The van der Waals surface area contributed by atoms with Crippen molar-refractivity contribution < 1.29 is 17.6 Å². The molecule has 0 radical (unpaired) electrons. The van der Waals surface area contributed by atoms with Gasteiger partial charge in [0.1, 0.15) is 5.82 Å². The highest BCUT2D eigenvalue weighted by Crippen LogP contribution is 2.26. The largest absolute Gasteiger partial charge is 0.296 e. The summed E-state index contributed by atoms with van der Waals surface area (Å²) in [5.74, 6) is -0.847. The van der Waals surface area contributed by atoms with Crippen LogP contribution in [-0.4, -0.2) is 47.5 Å². The third-order valence-corrected chi connectivity index (χ3v) is 7.13. The van der Waals surface area contributed by atoms with Crippen LogP contribution in [0.25, 0.3) is 16.9 Å². The molecule has 1 N–H and O–H groups in total. The second-order valence-electron chi connectivity index (χ2n) is 6.93. The van der Waals surface area contributed by atoms with Crippen LogP contribution < -0.4 is 5.32 Å². The molecule has 1 amide bonds. The topological polar surface area (TPSA) is 97.2 Å². The van der Waals surface area contributed by atoms with Crippen LogP contribution in [0.5, 0.6) is 0 Å². The fraction of sp³-hybridized carbons (Fsp3) is 0.0952. The van der Waals surface area contributed by atoms with Gasteiger partial charge in [-0.2, -0.15) is 5.10 Å². The quantitative estimate of drug-likeness (QED) is 0.463. The van der Waals surface area contributed by atoms with Gasteiger partial charge in [0.25, 0.3) is 5.91 Å². The van der Waals surface area contributed by atoms with Crippen molar-refractivity contribution in [2.45, 2.75) is 4.90 Å². The van der Waals surface area contributed by atoms with Crippen molar-refractivity contribution in [2.24, 2.45) is 0 Å². The summed E-state index contributed by atoms with van der Waals surface area (Å²) in [4.78, 5) is 17.1. The number of halogens is 1. The van der Waals surface area contributed by atoms with Crippen molar-refractivity contribution in [3.05, 3.63) is 77.7 Å². The Morgan fingerprint density at radius 1 is 1.12 bits per heavy atom. The van der Waals surface area contributed by atoms with Crippen LogP contribution in [0.1, 0.15) is 10.5 Å². The Morgan fingerprint density at radius 2 is 1.88 bits per heavy atom. The van der Waals surface area contributed by atoms with Gasteiger partial charge in [-0.05, 0) is 36.4 Å². The Balaban J connectivity index is 1.47. The predicted octanol–water partition coefficient (Wildman–Crippen LogP) is 3.64. The number of sulfonamides is 1. The maximum absolute atomic E-state index is 13.4. The molecule has 0 saturated heterocycles. The number of hydrogen-bond acceptors (Lipinski definition) is 6. The second kappa shape index (κ2) is 8.61. The molecule has 11 heteroatoms. The molecule has 0 saturated carbocycles. The molecule has 164 valence electrons. The van der Waals surface area contributed by atoms with Crippen molar-refractivity contribution in [1.29, 1.82) is 0 Å². The van der Waals surface area contributed by atoms with E-state index in [1.807, 2.05) is 0 Å². The van der Waals surface area contributed by atoms with E-state index < -0.39 is 21.7 Å². The smallest absolute Gasteiger partial charge is 0.277 e. The number of anilines is 1. The Morgan fingerprint density at radius 3 is 2.56 bits per heavy atom. The van der Waals surface area contributed by atoms with Gasteiger partial charge in [-0.25, -0.2) is 26.8 Å². The van der Waals surface area contributed by atoms with Gasteiger partial charge in [-0.15, -0.1) is 11.3 Å². The number of carbonyl (C=O) groups is 1. The average Bonchev–Trinajstić information content (AvgIpc) is 3.44. The number of amides is 1. The maximum atomic E-state index is 13.4. The number of nitrogens with zero attached hydrogens (tertiary/aromatic N) is 4. The summed E-state index contributed by atoms with van der Waals surface area (Å²) in [5, 5.41) is 9.01. The van der Waals surface area contributed by atoms with Crippen LogP contribution in [0.3, 0.4) is 0 Å². The molecule has 0 unspecified atom stereocenters. The molecule has 2 aromatic carbocycles. The molecule has 0 spiro atoms. The molecule has 0 atom stereocenters. The van der Waals surface area contributed by atoms with Gasteiger partial charge in [-0.1, -0.05) is 18.2 Å². The van der Waals surface area contributed by atoms with E-state index in [0.717, 1.165) is 9.87 Å². The molecule has 4 aromatic rings. The van der Waals surface area contributed by atoms with Crippen LogP contribution in [-0.2, 0) is 10.0 Å². The summed E-state index contributed by atoms with van der Waals surface area (Å²) in [6, 6.07) is 13.8. The molecular weight excluding hydrogens is 453 g/mol. The molecule has 0 bridgehead atoms. The summed E-state index contributed by atoms with van der Waals surface area (Å²) in [6.45, 7) is 0. The zero-order chi connectivity index (χ0) is 22.9. The standard InChI is InChI=1S/C21H18FN5O3S2/c1-26(2)32(29,30)17-8-6-14(7-9-17)19-13-31-21(23-19)24-20(28)18-10-11-27(25-18)16-5-3-4-15(22)12-16/h3-13H,1-2H3,(H,23,24,28). The Kier molecular flexibility index (Phi) is 5.87. The van der Waals surface area contributed by atoms with Gasteiger partial charge in [-0.3, -0.25) is 10.1 Å². The van der Waals surface area contributed by atoms with Gasteiger partial charge in [0.05, 0.1) is 16.3 Å². The number of nitrogens with one attached hydrogen (secondary N) is 1. The Hall–Kier alpha value is -3.41. The van der Waals surface area contributed by atoms with Crippen LogP contribution >= 0.6 is 11.3 Å². The van der Waals surface area contributed by atoms with E-state index >= 15 is 0 Å². The van der Waals surface area contributed by atoms with Gasteiger partial charge in [0, 0.05) is 31.2 Å². The molecule has 2 aromatic heterocycles. The normalized spacial score (nSPS) is 11.6. The summed E-state index contributed by atoms with van der Waals surface area (Å²) in [5.41, 5.74) is 1.98. The lowest BCUT2D eigenvalue weighted by Crippen LogP contribution is -2.22. The van der Waals surface area contributed by atoms with E-state index in [1.165, 1.54) is 60.4 Å². The first kappa shape index (κ1) is 21.8. The molecule has 32 heavy (non-hydrogen) atoms. The molecule has 2 heterocycles. The van der Waals surface area contributed by atoms with Crippen LogP contribution in [0.2, 0.25) is 0 Å². The van der Waals surface area contributed by atoms with Crippen molar-refractivity contribution in [3.8, 4) is 16.9 Å². The summed E-state index contributed by atoms with van der Waals surface area (Å²) < 4.78 is 40.3. The first-order chi connectivity index (χ1) is 15.2. The van der Waals surface area contributed by atoms with Crippen LogP contribution in [0, 0.1) is 5.82 Å². The maximum Gasteiger partial charge on any atom is 0.277 e. The van der Waals surface area contributed by atoms with Crippen molar-refractivity contribution in [2.75, 3.05) is 19.4 Å². The SMILES string of the molecule is CN(C)S(=O)(=O)c1ccc(-c2csc(NC(=O)c3ccn(-c4cccc(F)c4)n3)n2)cc1. The summed E-state index contributed by atoms with van der Waals surface area (Å²) in [7, 11) is -0.565. The lowest BCUT2D eigenvalue weighted by Gasteiger charge is -2.11. The number of carbonyl (C=O) groups excluding carboxylic acids is 1. The molecule has 0 aliphatic carbocycles. The van der Waals surface area contributed by atoms with Gasteiger partial charge in [0.2, 0.25) is 10.0 Å². The minimum atomic E-state index is -3.51. The minimum absolute atomic E-state index is 0.157. The van der Waals surface area contributed by atoms with E-state index in [0.29, 0.717) is 16.5 Å². The van der Waals surface area contributed by atoms with E-state index in [4.69, 9.17) is 0 Å². The summed E-state index contributed by atoms with van der Waals surface area (Å²) in [6.07, 6.45) is 1.57. The van der Waals surface area contributed by atoms with Crippen LogP contribution in [0.15, 0.2) is 71.1 Å². The van der Waals surface area contributed by atoms with Gasteiger partial charge >= 0.3 is 0 Å². The van der Waals surface area contributed by atoms with E-state index in [2.05, 4.69) is 15.4 Å². The minimum Gasteiger partial charge on any atom is -0.296 e. The highest BCUT2D eigenvalue weighted by molar-refractivity contribution is 7.89. The monoisotopic (exact) mass is 471 g/mol. The zero-order valence-electron chi connectivity index (χ0n) is 17.1. The molecule has 4 rings (SSSR count). The lowest BCUT2D eigenvalue weighted by atomic mass is 10.2. The average molecular weight is 472 g/mol. The van der Waals surface area contributed by atoms with Crippen molar-refractivity contribution in [1.82, 2.24) is 19.1 Å². The van der Waals surface area contributed by atoms with Gasteiger partial charge in [0.15, 0.2) is 10.8 Å². The summed E-state index contributed by atoms with van der Waals surface area (Å²) >= 11 is 1.23. The van der Waals surface area contributed by atoms with E-state index in [9.17, 15) is 17.6 Å². The Bertz CT molecular complexity index is 1380. The first-order valence-electron chi connectivity index (χ1n) is 9.35.